The Morgan fingerprint density at radius 3 is 2.58 bits per heavy atom. The van der Waals surface area contributed by atoms with E-state index in [1.807, 2.05) is 36.4 Å². The molecule has 0 saturated carbocycles. The van der Waals surface area contributed by atoms with Crippen LogP contribution in [0.2, 0.25) is 0 Å². The number of hydrogen-bond donors (Lipinski definition) is 2. The first-order valence-corrected chi connectivity index (χ1v) is 9.59. The highest BCUT2D eigenvalue weighted by Crippen LogP contribution is 2.24. The van der Waals surface area contributed by atoms with Crippen molar-refractivity contribution >= 4 is 28.4 Å². The second-order valence-electron chi connectivity index (χ2n) is 6.76. The number of carbonyl (C=O) groups excluding carboxylic acids is 2. The highest BCUT2D eigenvalue weighted by molar-refractivity contribution is 6.08. The fourth-order valence-electron chi connectivity index (χ4n) is 3.18. The molecule has 2 amide bonds. The van der Waals surface area contributed by atoms with Gasteiger partial charge < -0.3 is 10.6 Å². The monoisotopic (exact) mass is 406 g/mol. The quantitative estimate of drug-likeness (QED) is 0.496. The molecule has 0 unspecified atom stereocenters. The first kappa shape index (κ1) is 19.8. The Labute approximate surface area is 179 Å². The van der Waals surface area contributed by atoms with Crippen molar-refractivity contribution in [2.75, 3.05) is 11.9 Å². The minimum Gasteiger partial charge on any atom is -0.343 e. The van der Waals surface area contributed by atoms with Gasteiger partial charge in [0.2, 0.25) is 5.91 Å². The molecule has 0 spiro atoms. The molecule has 150 valence electrons. The fourth-order valence-corrected chi connectivity index (χ4v) is 3.18. The van der Waals surface area contributed by atoms with Crippen molar-refractivity contribution in [1.29, 1.82) is 0 Å². The number of terminal acetylenes is 1. The van der Waals surface area contributed by atoms with Gasteiger partial charge >= 0.3 is 0 Å². The summed E-state index contributed by atoms with van der Waals surface area (Å²) < 4.78 is 0. The zero-order valence-corrected chi connectivity index (χ0v) is 16.5. The minimum atomic E-state index is -0.360. The third-order valence-corrected chi connectivity index (χ3v) is 4.66. The third-order valence-electron chi connectivity index (χ3n) is 4.66. The van der Waals surface area contributed by atoms with Gasteiger partial charge in [-0.05, 0) is 42.5 Å². The van der Waals surface area contributed by atoms with Gasteiger partial charge in [0.25, 0.3) is 5.91 Å². The predicted molar refractivity (Wildman–Crippen MR) is 120 cm³/mol. The molecule has 6 heteroatoms. The Morgan fingerprint density at radius 2 is 1.77 bits per heavy atom. The SMILES string of the molecule is C#Cc1cccc(NC(=O)CNC(=O)c2cc(-c3ccncc3)nc3ccccc23)c1. The van der Waals surface area contributed by atoms with Crippen molar-refractivity contribution in [3.8, 4) is 23.6 Å². The molecule has 0 fully saturated rings. The van der Waals surface area contributed by atoms with Crippen molar-refractivity contribution in [2.24, 2.45) is 0 Å². The summed E-state index contributed by atoms with van der Waals surface area (Å²) in [6, 6.07) is 19.7. The first-order chi connectivity index (χ1) is 15.1. The number of anilines is 1. The lowest BCUT2D eigenvalue weighted by Crippen LogP contribution is -2.33. The lowest BCUT2D eigenvalue weighted by atomic mass is 10.0. The average molecular weight is 406 g/mol. The van der Waals surface area contributed by atoms with E-state index in [0.717, 1.165) is 5.56 Å². The molecule has 0 aliphatic rings. The normalized spacial score (nSPS) is 10.3. The van der Waals surface area contributed by atoms with Crippen LogP contribution in [-0.4, -0.2) is 28.3 Å². The molecule has 0 radical (unpaired) electrons. The lowest BCUT2D eigenvalue weighted by Gasteiger charge is -2.11. The van der Waals surface area contributed by atoms with Crippen LogP contribution in [0.5, 0.6) is 0 Å². The number of rotatable bonds is 5. The van der Waals surface area contributed by atoms with E-state index in [1.54, 1.807) is 42.7 Å². The maximum absolute atomic E-state index is 12.9. The van der Waals surface area contributed by atoms with Crippen molar-refractivity contribution in [1.82, 2.24) is 15.3 Å². The van der Waals surface area contributed by atoms with Crippen molar-refractivity contribution < 1.29 is 9.59 Å². The van der Waals surface area contributed by atoms with Crippen LogP contribution in [0.1, 0.15) is 15.9 Å². The Morgan fingerprint density at radius 1 is 0.968 bits per heavy atom. The van der Waals surface area contributed by atoms with Gasteiger partial charge in [0.1, 0.15) is 0 Å². The number of carbonyl (C=O) groups is 2. The Hall–Kier alpha value is -4.50. The summed E-state index contributed by atoms with van der Waals surface area (Å²) in [5.74, 6) is 1.81. The van der Waals surface area contributed by atoms with Gasteiger partial charge in [0.15, 0.2) is 0 Å². The molecule has 4 rings (SSSR count). The number of benzene rings is 2. The molecular weight excluding hydrogens is 388 g/mol. The van der Waals surface area contributed by atoms with E-state index in [4.69, 9.17) is 6.42 Å². The Balaban J connectivity index is 1.54. The van der Waals surface area contributed by atoms with Crippen LogP contribution in [0.4, 0.5) is 5.69 Å². The molecule has 6 nitrogen and oxygen atoms in total. The number of nitrogens with zero attached hydrogens (tertiary/aromatic N) is 2. The van der Waals surface area contributed by atoms with E-state index in [9.17, 15) is 9.59 Å². The van der Waals surface area contributed by atoms with E-state index in [-0.39, 0.29) is 18.4 Å². The highest BCUT2D eigenvalue weighted by atomic mass is 16.2. The molecule has 0 atom stereocenters. The standard InChI is InChI=1S/C25H18N4O2/c1-2-17-6-5-7-19(14-17)28-24(30)16-27-25(31)21-15-23(18-10-12-26-13-11-18)29-22-9-4-3-8-20(21)22/h1,3-15H,16H2,(H,27,31)(H,28,30). The van der Waals surface area contributed by atoms with Gasteiger partial charge in [-0.1, -0.05) is 30.2 Å². The number of amides is 2. The second kappa shape index (κ2) is 8.89. The zero-order valence-electron chi connectivity index (χ0n) is 16.5. The molecule has 2 N–H and O–H groups in total. The minimum absolute atomic E-state index is 0.180. The molecule has 2 heterocycles. The molecule has 0 bridgehead atoms. The second-order valence-corrected chi connectivity index (χ2v) is 6.76. The van der Waals surface area contributed by atoms with E-state index in [1.165, 1.54) is 0 Å². The molecule has 2 aromatic carbocycles. The van der Waals surface area contributed by atoms with E-state index < -0.39 is 0 Å². The summed E-state index contributed by atoms with van der Waals surface area (Å²) in [7, 11) is 0. The smallest absolute Gasteiger partial charge is 0.252 e. The largest absolute Gasteiger partial charge is 0.343 e. The Kier molecular flexibility index (Phi) is 5.68. The van der Waals surface area contributed by atoms with Crippen molar-refractivity contribution in [3.63, 3.8) is 0 Å². The van der Waals surface area contributed by atoms with Crippen LogP contribution < -0.4 is 10.6 Å². The van der Waals surface area contributed by atoms with Gasteiger partial charge in [-0.2, -0.15) is 0 Å². The summed E-state index contributed by atoms with van der Waals surface area (Å²) in [4.78, 5) is 33.9. The van der Waals surface area contributed by atoms with E-state index in [0.29, 0.717) is 33.4 Å². The molecule has 0 aliphatic carbocycles. The van der Waals surface area contributed by atoms with Crippen LogP contribution in [0, 0.1) is 12.3 Å². The van der Waals surface area contributed by atoms with Gasteiger partial charge in [-0.3, -0.25) is 14.6 Å². The van der Waals surface area contributed by atoms with Crippen LogP contribution in [0.15, 0.2) is 79.1 Å². The number of nitrogens with one attached hydrogen (secondary N) is 2. The molecule has 2 aromatic heterocycles. The molecule has 4 aromatic rings. The summed E-state index contributed by atoms with van der Waals surface area (Å²) >= 11 is 0. The number of hydrogen-bond acceptors (Lipinski definition) is 4. The summed E-state index contributed by atoms with van der Waals surface area (Å²) in [5, 5.41) is 6.12. The Bertz CT molecular complexity index is 1310. The van der Waals surface area contributed by atoms with Crippen molar-refractivity contribution in [3.05, 3.63) is 90.3 Å². The van der Waals surface area contributed by atoms with Gasteiger partial charge in [-0.25, -0.2) is 4.98 Å². The molecular formula is C25H18N4O2. The van der Waals surface area contributed by atoms with Crippen LogP contribution >= 0.6 is 0 Å². The topological polar surface area (TPSA) is 84.0 Å². The van der Waals surface area contributed by atoms with Crippen molar-refractivity contribution in [2.45, 2.75) is 0 Å². The van der Waals surface area contributed by atoms with Gasteiger partial charge in [0, 0.05) is 34.6 Å². The number of aromatic nitrogens is 2. The maximum atomic E-state index is 12.9. The lowest BCUT2D eigenvalue weighted by molar-refractivity contribution is -0.115. The molecule has 31 heavy (non-hydrogen) atoms. The molecule has 0 aliphatic heterocycles. The first-order valence-electron chi connectivity index (χ1n) is 9.59. The summed E-state index contributed by atoms with van der Waals surface area (Å²) in [6.07, 6.45) is 8.73. The third kappa shape index (κ3) is 4.57. The predicted octanol–water partition coefficient (Wildman–Crippen LogP) is 3.65. The van der Waals surface area contributed by atoms with Crippen LogP contribution in [0.25, 0.3) is 22.2 Å². The summed E-state index contributed by atoms with van der Waals surface area (Å²) in [6.45, 7) is -0.180. The average Bonchev–Trinajstić information content (AvgIpc) is 2.82. The maximum Gasteiger partial charge on any atom is 0.252 e. The van der Waals surface area contributed by atoms with Crippen LogP contribution in [-0.2, 0) is 4.79 Å². The van der Waals surface area contributed by atoms with Crippen LogP contribution in [0.3, 0.4) is 0 Å². The highest BCUT2D eigenvalue weighted by Gasteiger charge is 2.15. The fraction of sp³-hybridized carbons (Fsp3) is 0.0400. The summed E-state index contributed by atoms with van der Waals surface area (Å²) in [5.41, 5.74) is 3.87. The number of para-hydroxylation sites is 1. The number of fused-ring (bicyclic) bond motifs is 1. The van der Waals surface area contributed by atoms with Gasteiger partial charge in [-0.15, -0.1) is 6.42 Å². The van der Waals surface area contributed by atoms with E-state index in [2.05, 4.69) is 26.5 Å². The zero-order chi connectivity index (χ0) is 21.6. The van der Waals surface area contributed by atoms with E-state index >= 15 is 0 Å². The molecule has 0 saturated heterocycles. The van der Waals surface area contributed by atoms with Gasteiger partial charge in [0.05, 0.1) is 23.3 Å². The number of pyridine rings is 2.